The van der Waals surface area contributed by atoms with Crippen molar-refractivity contribution < 1.29 is 14.9 Å². The lowest BCUT2D eigenvalue weighted by atomic mass is 9.62. The van der Waals surface area contributed by atoms with Gasteiger partial charge in [0.1, 0.15) is 23.0 Å². The van der Waals surface area contributed by atoms with Crippen molar-refractivity contribution in [3.63, 3.8) is 0 Å². The van der Waals surface area contributed by atoms with Crippen LogP contribution >= 0.6 is 11.8 Å². The van der Waals surface area contributed by atoms with E-state index >= 15 is 0 Å². The third-order valence-corrected chi connectivity index (χ3v) is 10.9. The molecular formula is C41H24O3S. The minimum atomic E-state index is -0.679. The maximum atomic E-state index is 11.1. The predicted octanol–water partition coefficient (Wildman–Crippen LogP) is 10.7. The van der Waals surface area contributed by atoms with Crippen molar-refractivity contribution in [3.8, 4) is 23.0 Å². The van der Waals surface area contributed by atoms with Gasteiger partial charge in [-0.05, 0) is 56.9 Å². The first-order valence-corrected chi connectivity index (χ1v) is 15.9. The predicted molar refractivity (Wildman–Crippen MR) is 182 cm³/mol. The van der Waals surface area contributed by atoms with Crippen LogP contribution in [-0.2, 0) is 5.41 Å². The van der Waals surface area contributed by atoms with Crippen molar-refractivity contribution in [2.24, 2.45) is 0 Å². The minimum absolute atomic E-state index is 0.251. The molecule has 8 aromatic carbocycles. The first kappa shape index (κ1) is 24.9. The standard InChI is InChI=1S/C41H24O3S/c42-33-21-23-17-19-31-39(37(23)27-11-3-1-9-25(27)33)44-40-32(20-18-24-22-34(43)26-10-2-4-12-28(26)38(24)40)41(31)29-13-5-7-15-35(29)45-36-16-8-6-14-30(36)41/h1-22,42-43H. The molecule has 0 aromatic heterocycles. The van der Waals surface area contributed by atoms with Crippen molar-refractivity contribution in [2.45, 2.75) is 15.2 Å². The van der Waals surface area contributed by atoms with E-state index in [4.69, 9.17) is 4.74 Å². The Balaban J connectivity index is 1.48. The van der Waals surface area contributed by atoms with Gasteiger partial charge in [-0.1, -0.05) is 121 Å². The van der Waals surface area contributed by atoms with Gasteiger partial charge < -0.3 is 14.9 Å². The van der Waals surface area contributed by atoms with Gasteiger partial charge in [-0.2, -0.15) is 0 Å². The number of rotatable bonds is 0. The Morgan fingerprint density at radius 3 is 1.36 bits per heavy atom. The summed E-state index contributed by atoms with van der Waals surface area (Å²) in [5.74, 6) is 2.08. The molecule has 10 rings (SSSR count). The van der Waals surface area contributed by atoms with Crippen LogP contribution in [0.5, 0.6) is 23.0 Å². The van der Waals surface area contributed by atoms with E-state index in [2.05, 4.69) is 84.9 Å². The topological polar surface area (TPSA) is 49.7 Å². The molecule has 0 aliphatic carbocycles. The van der Waals surface area contributed by atoms with E-state index in [0.29, 0.717) is 0 Å². The molecule has 4 heteroatoms. The Morgan fingerprint density at radius 2 is 0.867 bits per heavy atom. The molecule has 0 radical (unpaired) electrons. The largest absolute Gasteiger partial charge is 0.507 e. The van der Waals surface area contributed by atoms with E-state index in [1.165, 1.54) is 20.9 Å². The fourth-order valence-electron chi connectivity index (χ4n) is 7.92. The number of benzene rings is 8. The number of ether oxygens (including phenoxy) is 1. The zero-order chi connectivity index (χ0) is 29.9. The van der Waals surface area contributed by atoms with Gasteiger partial charge in [0.2, 0.25) is 0 Å². The monoisotopic (exact) mass is 596 g/mol. The highest BCUT2D eigenvalue weighted by atomic mass is 32.2. The van der Waals surface area contributed by atoms with Gasteiger partial charge in [0.15, 0.2) is 0 Å². The lowest BCUT2D eigenvalue weighted by molar-refractivity contribution is 0.442. The first-order chi connectivity index (χ1) is 22.1. The molecule has 2 N–H and O–H groups in total. The Hall–Kier alpha value is -5.45. The van der Waals surface area contributed by atoms with E-state index in [9.17, 15) is 10.2 Å². The molecule has 0 saturated carbocycles. The average molecular weight is 597 g/mol. The van der Waals surface area contributed by atoms with Gasteiger partial charge in [-0.3, -0.25) is 0 Å². The Kier molecular flexibility index (Phi) is 4.88. The molecular weight excluding hydrogens is 573 g/mol. The van der Waals surface area contributed by atoms with Crippen LogP contribution in [0.15, 0.2) is 143 Å². The maximum absolute atomic E-state index is 11.1. The summed E-state index contributed by atoms with van der Waals surface area (Å²) >= 11 is 1.81. The highest BCUT2D eigenvalue weighted by Crippen LogP contribution is 2.64. The zero-order valence-corrected chi connectivity index (χ0v) is 24.7. The average Bonchev–Trinajstić information content (AvgIpc) is 3.08. The molecule has 0 saturated heterocycles. The molecule has 212 valence electrons. The van der Waals surface area contributed by atoms with Crippen molar-refractivity contribution >= 4 is 54.9 Å². The number of fused-ring (bicyclic) bond motifs is 16. The summed E-state index contributed by atoms with van der Waals surface area (Å²) in [4.78, 5) is 2.42. The molecule has 3 nitrogen and oxygen atoms in total. The minimum Gasteiger partial charge on any atom is -0.507 e. The molecule has 0 unspecified atom stereocenters. The number of hydrogen-bond acceptors (Lipinski definition) is 4. The normalized spacial score (nSPS) is 14.2. The van der Waals surface area contributed by atoms with Gasteiger partial charge in [-0.25, -0.2) is 0 Å². The SMILES string of the molecule is Oc1cc2ccc3c(c2c2ccccc12)Oc1c(ccc2cc(O)c4ccccc4c12)C31c2ccccc2Sc2ccccc21. The third-order valence-electron chi connectivity index (χ3n) is 9.72. The molecule has 0 fully saturated rings. The summed E-state index contributed by atoms with van der Waals surface area (Å²) < 4.78 is 7.29. The van der Waals surface area contributed by atoms with Crippen LogP contribution in [0.1, 0.15) is 22.3 Å². The van der Waals surface area contributed by atoms with Gasteiger partial charge in [0.05, 0.1) is 5.41 Å². The van der Waals surface area contributed by atoms with Gasteiger partial charge in [0, 0.05) is 42.5 Å². The smallest absolute Gasteiger partial charge is 0.140 e. The van der Waals surface area contributed by atoms with Crippen molar-refractivity contribution in [1.82, 2.24) is 0 Å². The summed E-state index contributed by atoms with van der Waals surface area (Å²) in [5.41, 5.74) is 3.89. The van der Waals surface area contributed by atoms with Crippen molar-refractivity contribution in [1.29, 1.82) is 0 Å². The third kappa shape index (κ3) is 3.12. The summed E-state index contributed by atoms with van der Waals surface area (Å²) in [6.45, 7) is 0. The van der Waals surface area contributed by atoms with Gasteiger partial charge in [-0.15, -0.1) is 0 Å². The van der Waals surface area contributed by atoms with Crippen LogP contribution in [-0.4, -0.2) is 10.2 Å². The van der Waals surface area contributed by atoms with E-state index in [1.54, 1.807) is 0 Å². The Labute approximate surface area is 263 Å². The maximum Gasteiger partial charge on any atom is 0.140 e. The Bertz CT molecular complexity index is 2410. The number of phenolic OH excluding ortho intramolecular Hbond substituents is 2. The number of phenols is 2. The summed E-state index contributed by atoms with van der Waals surface area (Å²) in [6, 6.07) is 45.8. The quantitative estimate of drug-likeness (QED) is 0.171. The van der Waals surface area contributed by atoms with Crippen molar-refractivity contribution in [2.75, 3.05) is 0 Å². The lowest BCUT2D eigenvalue weighted by Crippen LogP contribution is -2.36. The molecule has 2 aliphatic rings. The lowest BCUT2D eigenvalue weighted by Gasteiger charge is -2.45. The van der Waals surface area contributed by atoms with Crippen LogP contribution in [0.4, 0.5) is 0 Å². The van der Waals surface area contributed by atoms with Crippen LogP contribution in [0.2, 0.25) is 0 Å². The second-order valence-corrected chi connectivity index (χ2v) is 13.0. The van der Waals surface area contributed by atoms with E-state index in [1.807, 2.05) is 60.3 Å². The molecule has 0 bridgehead atoms. The fourth-order valence-corrected chi connectivity index (χ4v) is 9.11. The Morgan fingerprint density at radius 1 is 0.444 bits per heavy atom. The summed E-state index contributed by atoms with van der Waals surface area (Å²) in [7, 11) is 0. The van der Waals surface area contributed by atoms with E-state index < -0.39 is 5.41 Å². The molecule has 0 atom stereocenters. The molecule has 1 spiro atoms. The second-order valence-electron chi connectivity index (χ2n) is 11.9. The van der Waals surface area contributed by atoms with Crippen LogP contribution in [0.3, 0.4) is 0 Å². The van der Waals surface area contributed by atoms with Gasteiger partial charge >= 0.3 is 0 Å². The molecule has 0 amide bonds. The summed E-state index contributed by atoms with van der Waals surface area (Å²) in [5, 5.41) is 29.3. The molecule has 45 heavy (non-hydrogen) atoms. The highest BCUT2D eigenvalue weighted by Gasteiger charge is 2.50. The van der Waals surface area contributed by atoms with Crippen molar-refractivity contribution in [3.05, 3.63) is 156 Å². The second kappa shape index (κ2) is 8.81. The van der Waals surface area contributed by atoms with E-state index in [0.717, 1.165) is 65.7 Å². The molecule has 2 aliphatic heterocycles. The molecule has 2 heterocycles. The molecule has 8 aromatic rings. The zero-order valence-electron chi connectivity index (χ0n) is 23.9. The number of hydrogen-bond donors (Lipinski definition) is 2. The summed E-state index contributed by atoms with van der Waals surface area (Å²) in [6.07, 6.45) is 0. The van der Waals surface area contributed by atoms with E-state index in [-0.39, 0.29) is 11.5 Å². The van der Waals surface area contributed by atoms with Gasteiger partial charge in [0.25, 0.3) is 0 Å². The fraction of sp³-hybridized carbons (Fsp3) is 0.0244. The van der Waals surface area contributed by atoms with Crippen LogP contribution < -0.4 is 4.74 Å². The number of aromatic hydroxyl groups is 2. The van der Waals surface area contributed by atoms with Crippen LogP contribution in [0.25, 0.3) is 43.1 Å². The van der Waals surface area contributed by atoms with Crippen LogP contribution in [0, 0.1) is 0 Å². The highest BCUT2D eigenvalue weighted by molar-refractivity contribution is 7.99. The first-order valence-electron chi connectivity index (χ1n) is 15.0.